The Morgan fingerprint density at radius 3 is 2.83 bits per heavy atom. The zero-order valence-corrected chi connectivity index (χ0v) is 10.3. The Morgan fingerprint density at radius 2 is 2.33 bits per heavy atom. The van der Waals surface area contributed by atoms with Gasteiger partial charge >= 0.3 is 0 Å². The minimum absolute atomic E-state index is 0.0300. The van der Waals surface area contributed by atoms with E-state index in [0.717, 1.165) is 0 Å². The summed E-state index contributed by atoms with van der Waals surface area (Å²) in [6.45, 7) is 4.84. The molecule has 2 rings (SSSR count). The fraction of sp³-hybridized carbons (Fsp3) is 0.545. The lowest BCUT2D eigenvalue weighted by Gasteiger charge is -2.17. The minimum atomic E-state index is -0.594. The van der Waals surface area contributed by atoms with Crippen LogP contribution in [-0.4, -0.2) is 41.1 Å². The topological polar surface area (TPSA) is 99.4 Å². The minimum Gasteiger partial charge on any atom is -0.366 e. The summed E-state index contributed by atoms with van der Waals surface area (Å²) in [7, 11) is 0. The van der Waals surface area contributed by atoms with Gasteiger partial charge in [-0.05, 0) is 26.0 Å². The van der Waals surface area contributed by atoms with Gasteiger partial charge in [-0.25, -0.2) is 0 Å². The summed E-state index contributed by atoms with van der Waals surface area (Å²) in [6, 6.07) is 3.17. The van der Waals surface area contributed by atoms with E-state index < -0.39 is 11.7 Å². The van der Waals surface area contributed by atoms with Crippen LogP contribution in [0.2, 0.25) is 0 Å². The van der Waals surface area contributed by atoms with Crippen molar-refractivity contribution < 1.29 is 14.3 Å². The van der Waals surface area contributed by atoms with E-state index in [-0.39, 0.29) is 11.8 Å². The standard InChI is InChI=1S/C11H16N4O3/c1-11(2)17-6-7(18-11)5-13-9-4-3-8(10(12)16)14-15-9/h3-4,7H,5-6H2,1-2H3,(H2,12,16)(H,13,15). The highest BCUT2D eigenvalue weighted by molar-refractivity contribution is 5.90. The number of carbonyl (C=O) groups is 1. The van der Waals surface area contributed by atoms with E-state index in [0.29, 0.717) is 19.0 Å². The lowest BCUT2D eigenvalue weighted by Crippen LogP contribution is -2.26. The predicted molar refractivity (Wildman–Crippen MR) is 63.9 cm³/mol. The molecule has 1 aromatic rings. The Hall–Kier alpha value is -1.73. The highest BCUT2D eigenvalue weighted by Crippen LogP contribution is 2.22. The third-order valence-corrected chi connectivity index (χ3v) is 2.50. The van der Waals surface area contributed by atoms with E-state index in [1.165, 1.54) is 6.07 Å². The number of hydrogen-bond donors (Lipinski definition) is 2. The smallest absolute Gasteiger partial charge is 0.269 e. The first-order valence-electron chi connectivity index (χ1n) is 5.65. The van der Waals surface area contributed by atoms with Crippen LogP contribution in [-0.2, 0) is 9.47 Å². The monoisotopic (exact) mass is 252 g/mol. The average molecular weight is 252 g/mol. The molecule has 0 saturated carbocycles. The second kappa shape index (κ2) is 4.87. The van der Waals surface area contributed by atoms with Crippen molar-refractivity contribution in [2.75, 3.05) is 18.5 Å². The quantitative estimate of drug-likeness (QED) is 0.790. The van der Waals surface area contributed by atoms with E-state index in [4.69, 9.17) is 15.2 Å². The van der Waals surface area contributed by atoms with E-state index in [1.807, 2.05) is 13.8 Å². The fourth-order valence-corrected chi connectivity index (χ4v) is 1.64. The van der Waals surface area contributed by atoms with Gasteiger partial charge in [-0.1, -0.05) is 0 Å². The van der Waals surface area contributed by atoms with Crippen molar-refractivity contribution in [2.24, 2.45) is 5.73 Å². The first kappa shape index (κ1) is 12.7. The maximum absolute atomic E-state index is 10.8. The Kier molecular flexibility index (Phi) is 3.44. The molecule has 7 nitrogen and oxygen atoms in total. The summed E-state index contributed by atoms with van der Waals surface area (Å²) >= 11 is 0. The molecule has 3 N–H and O–H groups in total. The zero-order valence-electron chi connectivity index (χ0n) is 10.3. The molecule has 1 fully saturated rings. The van der Waals surface area contributed by atoms with Crippen LogP contribution in [0.25, 0.3) is 0 Å². The second-order valence-corrected chi connectivity index (χ2v) is 4.50. The molecule has 2 heterocycles. The summed E-state index contributed by atoms with van der Waals surface area (Å²) in [5.74, 6) is -0.565. The number of anilines is 1. The number of hydrogen-bond acceptors (Lipinski definition) is 6. The number of rotatable bonds is 4. The summed E-state index contributed by atoms with van der Waals surface area (Å²) in [6.07, 6.45) is -0.0300. The van der Waals surface area contributed by atoms with Gasteiger partial charge in [0, 0.05) is 6.54 Å². The number of aromatic nitrogens is 2. The Labute approximate surface area is 105 Å². The molecule has 1 atom stereocenters. The zero-order chi connectivity index (χ0) is 13.2. The van der Waals surface area contributed by atoms with Crippen molar-refractivity contribution >= 4 is 11.7 Å². The fourth-order valence-electron chi connectivity index (χ4n) is 1.64. The van der Waals surface area contributed by atoms with Crippen LogP contribution in [0.15, 0.2) is 12.1 Å². The molecule has 0 aliphatic carbocycles. The largest absolute Gasteiger partial charge is 0.366 e. The van der Waals surface area contributed by atoms with Crippen molar-refractivity contribution in [3.8, 4) is 0 Å². The van der Waals surface area contributed by atoms with Gasteiger partial charge < -0.3 is 20.5 Å². The molecule has 1 saturated heterocycles. The molecular weight excluding hydrogens is 236 g/mol. The maximum atomic E-state index is 10.8. The van der Waals surface area contributed by atoms with Gasteiger partial charge in [-0.15, -0.1) is 10.2 Å². The van der Waals surface area contributed by atoms with Crippen LogP contribution in [0.4, 0.5) is 5.82 Å². The van der Waals surface area contributed by atoms with Crippen molar-refractivity contribution in [2.45, 2.75) is 25.7 Å². The van der Waals surface area contributed by atoms with Gasteiger partial charge in [0.25, 0.3) is 5.91 Å². The molecule has 1 aliphatic heterocycles. The van der Waals surface area contributed by atoms with Gasteiger partial charge in [0.15, 0.2) is 11.5 Å². The second-order valence-electron chi connectivity index (χ2n) is 4.50. The normalized spacial score (nSPS) is 21.8. The molecule has 0 bridgehead atoms. The van der Waals surface area contributed by atoms with E-state index in [1.54, 1.807) is 6.07 Å². The molecule has 18 heavy (non-hydrogen) atoms. The summed E-state index contributed by atoms with van der Waals surface area (Å²) in [5.41, 5.74) is 5.21. The lowest BCUT2D eigenvalue weighted by atomic mass is 10.3. The van der Waals surface area contributed by atoms with Gasteiger partial charge in [0.1, 0.15) is 11.9 Å². The van der Waals surface area contributed by atoms with Gasteiger partial charge in [0.05, 0.1) is 6.61 Å². The molecule has 7 heteroatoms. The van der Waals surface area contributed by atoms with E-state index in [9.17, 15) is 4.79 Å². The number of ether oxygens (including phenoxy) is 2. The third kappa shape index (κ3) is 3.14. The van der Waals surface area contributed by atoms with Crippen molar-refractivity contribution in [3.05, 3.63) is 17.8 Å². The number of primary amides is 1. The van der Waals surface area contributed by atoms with Crippen molar-refractivity contribution in [3.63, 3.8) is 0 Å². The van der Waals surface area contributed by atoms with Crippen molar-refractivity contribution in [1.29, 1.82) is 0 Å². The Balaban J connectivity index is 1.85. The number of carbonyl (C=O) groups excluding carboxylic acids is 1. The SMILES string of the molecule is CC1(C)OCC(CNc2ccc(C(N)=O)nn2)O1. The first-order valence-corrected chi connectivity index (χ1v) is 5.65. The third-order valence-electron chi connectivity index (χ3n) is 2.50. The van der Waals surface area contributed by atoms with Gasteiger partial charge in [-0.2, -0.15) is 0 Å². The average Bonchev–Trinajstić information content (AvgIpc) is 2.67. The highest BCUT2D eigenvalue weighted by atomic mass is 16.7. The molecule has 1 amide bonds. The van der Waals surface area contributed by atoms with Gasteiger partial charge in [0.2, 0.25) is 0 Å². The highest BCUT2D eigenvalue weighted by Gasteiger charge is 2.32. The number of nitrogens with zero attached hydrogens (tertiary/aromatic N) is 2. The van der Waals surface area contributed by atoms with Crippen LogP contribution in [0.3, 0.4) is 0 Å². The van der Waals surface area contributed by atoms with Gasteiger partial charge in [-0.3, -0.25) is 4.79 Å². The number of amides is 1. The molecule has 0 spiro atoms. The summed E-state index contributed by atoms with van der Waals surface area (Å²) in [4.78, 5) is 10.8. The van der Waals surface area contributed by atoms with Crippen LogP contribution in [0.1, 0.15) is 24.3 Å². The lowest BCUT2D eigenvalue weighted by molar-refractivity contribution is -0.136. The molecule has 0 aromatic carbocycles. The molecule has 0 radical (unpaired) electrons. The van der Waals surface area contributed by atoms with Crippen LogP contribution in [0, 0.1) is 0 Å². The number of nitrogens with two attached hydrogens (primary N) is 1. The molecule has 98 valence electrons. The van der Waals surface area contributed by atoms with Crippen LogP contribution in [0.5, 0.6) is 0 Å². The first-order chi connectivity index (χ1) is 8.46. The molecule has 1 unspecified atom stereocenters. The van der Waals surface area contributed by atoms with E-state index >= 15 is 0 Å². The Bertz CT molecular complexity index is 432. The Morgan fingerprint density at radius 1 is 1.56 bits per heavy atom. The van der Waals surface area contributed by atoms with Crippen LogP contribution >= 0.6 is 0 Å². The number of nitrogens with one attached hydrogen (secondary N) is 1. The van der Waals surface area contributed by atoms with Crippen LogP contribution < -0.4 is 11.1 Å². The van der Waals surface area contributed by atoms with Crippen molar-refractivity contribution in [1.82, 2.24) is 10.2 Å². The molecular formula is C11H16N4O3. The van der Waals surface area contributed by atoms with E-state index in [2.05, 4.69) is 15.5 Å². The summed E-state index contributed by atoms with van der Waals surface area (Å²) in [5, 5.41) is 10.6. The maximum Gasteiger partial charge on any atom is 0.269 e. The predicted octanol–water partition coefficient (Wildman–Crippen LogP) is 0.139. The molecule has 1 aromatic heterocycles. The summed E-state index contributed by atoms with van der Waals surface area (Å²) < 4.78 is 11.1. The molecule has 1 aliphatic rings.